The Hall–Kier alpha value is -1.72. The first-order chi connectivity index (χ1) is 13.2. The third-order valence-electron chi connectivity index (χ3n) is 6.61. The third-order valence-corrected chi connectivity index (χ3v) is 6.61. The van der Waals surface area contributed by atoms with E-state index in [-0.39, 0.29) is 17.7 Å². The maximum atomic E-state index is 12.0. The van der Waals surface area contributed by atoms with Crippen LogP contribution in [0.2, 0.25) is 0 Å². The summed E-state index contributed by atoms with van der Waals surface area (Å²) in [5, 5.41) is 5.91. The molecule has 0 radical (unpaired) electrons. The quantitative estimate of drug-likeness (QED) is 0.800. The molecule has 3 aliphatic heterocycles. The minimum absolute atomic E-state index is 0.148. The molecule has 1 unspecified atom stereocenters. The molecule has 3 fully saturated rings. The van der Waals surface area contributed by atoms with Crippen LogP contribution in [0.1, 0.15) is 61.5 Å². The summed E-state index contributed by atoms with van der Waals surface area (Å²) in [6.45, 7) is 6.02. The summed E-state index contributed by atoms with van der Waals surface area (Å²) in [4.78, 5) is 26.0. The van der Waals surface area contributed by atoms with Crippen LogP contribution < -0.4 is 10.6 Å². The van der Waals surface area contributed by atoms with Crippen molar-refractivity contribution in [2.75, 3.05) is 32.7 Å². The maximum Gasteiger partial charge on any atom is 0.234 e. The molecule has 3 saturated heterocycles. The first-order valence-electron chi connectivity index (χ1n) is 10.6. The Bertz CT molecular complexity index is 659. The van der Waals surface area contributed by atoms with E-state index in [9.17, 15) is 9.59 Å². The van der Waals surface area contributed by atoms with Crippen molar-refractivity contribution in [2.45, 2.75) is 50.4 Å². The summed E-state index contributed by atoms with van der Waals surface area (Å²) in [6, 6.07) is 8.59. The van der Waals surface area contributed by atoms with Crippen LogP contribution in [0.3, 0.4) is 0 Å². The Morgan fingerprint density at radius 2 is 1.56 bits per heavy atom. The van der Waals surface area contributed by atoms with Crippen molar-refractivity contribution in [1.82, 2.24) is 15.5 Å². The number of piperidine rings is 3. The van der Waals surface area contributed by atoms with Gasteiger partial charge in [0.25, 0.3) is 0 Å². The summed E-state index contributed by atoms with van der Waals surface area (Å²) in [5.74, 6) is 1.03. The molecule has 1 atom stereocenters. The second kappa shape index (κ2) is 8.53. The highest BCUT2D eigenvalue weighted by molar-refractivity contribution is 6.00. The third kappa shape index (κ3) is 4.58. The predicted octanol–water partition coefficient (Wildman–Crippen LogP) is 2.39. The van der Waals surface area contributed by atoms with Crippen LogP contribution in [-0.2, 0) is 9.59 Å². The number of nitrogens with zero attached hydrogens (tertiary/aromatic N) is 1. The van der Waals surface area contributed by atoms with Gasteiger partial charge in [0.05, 0.1) is 5.92 Å². The van der Waals surface area contributed by atoms with E-state index in [4.69, 9.17) is 0 Å². The van der Waals surface area contributed by atoms with Gasteiger partial charge in [-0.15, -0.1) is 0 Å². The molecule has 146 valence electrons. The standard InChI is InChI=1S/C22H31N3O2/c26-21-6-5-20(22(27)24-21)19-3-1-17(2-4-19)18-9-13-25(14-10-18)15-16-7-11-23-12-8-16/h1-4,16,18,20,23H,5-15H2,(H,24,26,27). The van der Waals surface area contributed by atoms with Gasteiger partial charge in [-0.05, 0) is 81.2 Å². The number of carbonyl (C=O) groups is 2. The molecule has 3 aliphatic rings. The van der Waals surface area contributed by atoms with Crippen molar-refractivity contribution >= 4 is 11.8 Å². The number of nitrogens with one attached hydrogen (secondary N) is 2. The lowest BCUT2D eigenvalue weighted by molar-refractivity contribution is -0.134. The van der Waals surface area contributed by atoms with E-state index in [0.717, 1.165) is 11.5 Å². The largest absolute Gasteiger partial charge is 0.317 e. The molecule has 0 bridgehead atoms. The lowest BCUT2D eigenvalue weighted by Gasteiger charge is -2.35. The normalized spacial score (nSPS) is 26.1. The minimum atomic E-state index is -0.177. The molecule has 5 nitrogen and oxygen atoms in total. The molecule has 2 amide bonds. The molecule has 0 saturated carbocycles. The van der Waals surface area contributed by atoms with Gasteiger partial charge in [0.15, 0.2) is 0 Å². The number of carbonyl (C=O) groups excluding carboxylic acids is 2. The highest BCUT2D eigenvalue weighted by Gasteiger charge is 2.28. The number of amides is 2. The van der Waals surface area contributed by atoms with Gasteiger partial charge >= 0.3 is 0 Å². The van der Waals surface area contributed by atoms with Crippen LogP contribution in [0, 0.1) is 5.92 Å². The highest BCUT2D eigenvalue weighted by Crippen LogP contribution is 2.31. The fourth-order valence-electron chi connectivity index (χ4n) is 4.89. The van der Waals surface area contributed by atoms with Crippen molar-refractivity contribution in [3.05, 3.63) is 35.4 Å². The maximum absolute atomic E-state index is 12.0. The zero-order valence-electron chi connectivity index (χ0n) is 16.1. The molecule has 27 heavy (non-hydrogen) atoms. The van der Waals surface area contributed by atoms with E-state index in [2.05, 4.69) is 39.8 Å². The van der Waals surface area contributed by atoms with Crippen LogP contribution in [0.5, 0.6) is 0 Å². The van der Waals surface area contributed by atoms with E-state index >= 15 is 0 Å². The van der Waals surface area contributed by atoms with Crippen LogP contribution in [0.25, 0.3) is 0 Å². The van der Waals surface area contributed by atoms with Gasteiger partial charge in [-0.25, -0.2) is 0 Å². The molecule has 0 spiro atoms. The SMILES string of the molecule is O=C1CCC(c2ccc(C3CCN(CC4CCNCC4)CC3)cc2)C(=O)N1. The van der Waals surface area contributed by atoms with Gasteiger partial charge in [-0.2, -0.15) is 0 Å². The van der Waals surface area contributed by atoms with Crippen LogP contribution in [-0.4, -0.2) is 49.4 Å². The topological polar surface area (TPSA) is 61.4 Å². The van der Waals surface area contributed by atoms with Gasteiger partial charge in [0.2, 0.25) is 11.8 Å². The molecule has 1 aromatic carbocycles. The van der Waals surface area contributed by atoms with Crippen molar-refractivity contribution in [2.24, 2.45) is 5.92 Å². The number of rotatable bonds is 4. The molecule has 2 N–H and O–H groups in total. The lowest BCUT2D eigenvalue weighted by atomic mass is 9.85. The fourth-order valence-corrected chi connectivity index (χ4v) is 4.89. The molecule has 3 heterocycles. The van der Waals surface area contributed by atoms with Crippen molar-refractivity contribution in [3.8, 4) is 0 Å². The molecule has 5 heteroatoms. The Balaban J connectivity index is 1.29. The molecular weight excluding hydrogens is 338 g/mol. The van der Waals surface area contributed by atoms with Gasteiger partial charge in [-0.1, -0.05) is 24.3 Å². The Kier molecular flexibility index (Phi) is 5.89. The average Bonchev–Trinajstić information content (AvgIpc) is 2.70. The van der Waals surface area contributed by atoms with Gasteiger partial charge < -0.3 is 10.2 Å². The van der Waals surface area contributed by atoms with E-state index in [1.54, 1.807) is 0 Å². The molecule has 1 aromatic rings. The van der Waals surface area contributed by atoms with Gasteiger partial charge in [-0.3, -0.25) is 14.9 Å². The summed E-state index contributed by atoms with van der Waals surface area (Å²) >= 11 is 0. The summed E-state index contributed by atoms with van der Waals surface area (Å²) in [6.07, 6.45) is 6.15. The van der Waals surface area contributed by atoms with Crippen molar-refractivity contribution in [3.63, 3.8) is 0 Å². The molecular formula is C22H31N3O2. The van der Waals surface area contributed by atoms with Crippen LogP contribution >= 0.6 is 0 Å². The Labute approximate surface area is 161 Å². The number of benzene rings is 1. The van der Waals surface area contributed by atoms with Crippen molar-refractivity contribution < 1.29 is 9.59 Å². The molecule has 4 rings (SSSR count). The summed E-state index contributed by atoms with van der Waals surface area (Å²) in [5.41, 5.74) is 2.43. The monoisotopic (exact) mass is 369 g/mol. The zero-order valence-corrected chi connectivity index (χ0v) is 16.1. The number of likely N-dealkylation sites (tertiary alicyclic amines) is 1. The summed E-state index contributed by atoms with van der Waals surface area (Å²) in [7, 11) is 0. The summed E-state index contributed by atoms with van der Waals surface area (Å²) < 4.78 is 0. The van der Waals surface area contributed by atoms with Crippen LogP contribution in [0.15, 0.2) is 24.3 Å². The van der Waals surface area contributed by atoms with Gasteiger partial charge in [0.1, 0.15) is 0 Å². The molecule has 0 aromatic heterocycles. The number of imide groups is 1. The zero-order chi connectivity index (χ0) is 18.6. The van der Waals surface area contributed by atoms with Crippen molar-refractivity contribution in [1.29, 1.82) is 0 Å². The second-order valence-electron chi connectivity index (χ2n) is 8.44. The second-order valence-corrected chi connectivity index (χ2v) is 8.44. The first kappa shape index (κ1) is 18.6. The first-order valence-corrected chi connectivity index (χ1v) is 10.6. The predicted molar refractivity (Wildman–Crippen MR) is 106 cm³/mol. The Morgan fingerprint density at radius 1 is 0.889 bits per heavy atom. The lowest BCUT2D eigenvalue weighted by Crippen LogP contribution is -2.40. The number of hydrogen-bond donors (Lipinski definition) is 2. The smallest absolute Gasteiger partial charge is 0.234 e. The van der Waals surface area contributed by atoms with E-state index in [0.29, 0.717) is 18.8 Å². The fraction of sp³-hybridized carbons (Fsp3) is 0.636. The van der Waals surface area contributed by atoms with E-state index < -0.39 is 0 Å². The number of hydrogen-bond acceptors (Lipinski definition) is 4. The highest BCUT2D eigenvalue weighted by atomic mass is 16.2. The van der Waals surface area contributed by atoms with E-state index in [1.807, 2.05) is 0 Å². The van der Waals surface area contributed by atoms with Gasteiger partial charge in [0, 0.05) is 13.0 Å². The van der Waals surface area contributed by atoms with E-state index in [1.165, 1.54) is 64.0 Å². The Morgan fingerprint density at radius 3 is 2.22 bits per heavy atom. The molecule has 0 aliphatic carbocycles. The average molecular weight is 370 g/mol. The van der Waals surface area contributed by atoms with Crippen LogP contribution in [0.4, 0.5) is 0 Å². The minimum Gasteiger partial charge on any atom is -0.317 e.